The molecule has 1 aromatic carbocycles. The van der Waals surface area contributed by atoms with Crippen molar-refractivity contribution in [2.24, 2.45) is 0 Å². The van der Waals surface area contributed by atoms with E-state index in [0.717, 1.165) is 0 Å². The SMILES string of the molecule is CCN(CCC(=O)OC)C(=O)COc1ccc(Cl)cc1Br. The van der Waals surface area contributed by atoms with Crippen LogP contribution >= 0.6 is 27.5 Å². The predicted octanol–water partition coefficient (Wildman–Crippen LogP) is 2.89. The molecule has 0 saturated heterocycles. The van der Waals surface area contributed by atoms with Gasteiger partial charge in [-0.15, -0.1) is 0 Å². The quantitative estimate of drug-likeness (QED) is 0.685. The van der Waals surface area contributed by atoms with E-state index in [4.69, 9.17) is 16.3 Å². The third-order valence-corrected chi connectivity index (χ3v) is 3.65. The summed E-state index contributed by atoms with van der Waals surface area (Å²) in [4.78, 5) is 24.7. The fourth-order valence-corrected chi connectivity index (χ4v) is 2.41. The van der Waals surface area contributed by atoms with Crippen LogP contribution in [0.5, 0.6) is 5.75 Å². The van der Waals surface area contributed by atoms with Crippen LogP contribution in [0.1, 0.15) is 13.3 Å². The third-order valence-electron chi connectivity index (χ3n) is 2.79. The number of rotatable bonds is 7. The molecule has 0 heterocycles. The van der Waals surface area contributed by atoms with Crippen LogP contribution in [0.25, 0.3) is 0 Å². The van der Waals surface area contributed by atoms with Crippen LogP contribution in [0, 0.1) is 0 Å². The summed E-state index contributed by atoms with van der Waals surface area (Å²) >= 11 is 9.15. The zero-order valence-electron chi connectivity index (χ0n) is 11.9. The second kappa shape index (κ2) is 8.89. The Labute approximate surface area is 137 Å². The van der Waals surface area contributed by atoms with E-state index >= 15 is 0 Å². The van der Waals surface area contributed by atoms with Gasteiger partial charge in [0.2, 0.25) is 0 Å². The summed E-state index contributed by atoms with van der Waals surface area (Å²) < 4.78 is 10.7. The number of methoxy groups -OCH3 is 1. The van der Waals surface area contributed by atoms with Crippen LogP contribution in [0.3, 0.4) is 0 Å². The van der Waals surface area contributed by atoms with Gasteiger partial charge in [-0.1, -0.05) is 11.6 Å². The molecule has 1 rings (SSSR count). The van der Waals surface area contributed by atoms with Crippen molar-refractivity contribution in [2.45, 2.75) is 13.3 Å². The normalized spacial score (nSPS) is 10.1. The van der Waals surface area contributed by atoms with Crippen LogP contribution < -0.4 is 4.74 Å². The summed E-state index contributed by atoms with van der Waals surface area (Å²) in [5.41, 5.74) is 0. The van der Waals surface area contributed by atoms with Crippen molar-refractivity contribution < 1.29 is 19.1 Å². The van der Waals surface area contributed by atoms with E-state index in [9.17, 15) is 9.59 Å². The molecule has 0 aliphatic carbocycles. The van der Waals surface area contributed by atoms with Crippen LogP contribution in [0.15, 0.2) is 22.7 Å². The first kappa shape index (κ1) is 17.8. The molecule has 0 saturated carbocycles. The Morgan fingerprint density at radius 2 is 2.10 bits per heavy atom. The van der Waals surface area contributed by atoms with Crippen molar-refractivity contribution in [2.75, 3.05) is 26.8 Å². The monoisotopic (exact) mass is 377 g/mol. The minimum absolute atomic E-state index is 0.102. The average molecular weight is 379 g/mol. The van der Waals surface area contributed by atoms with Crippen LogP contribution in [-0.4, -0.2) is 43.6 Å². The lowest BCUT2D eigenvalue weighted by Gasteiger charge is -2.20. The molecule has 116 valence electrons. The highest BCUT2D eigenvalue weighted by molar-refractivity contribution is 9.10. The number of ether oxygens (including phenoxy) is 2. The van der Waals surface area contributed by atoms with Gasteiger partial charge < -0.3 is 14.4 Å². The van der Waals surface area contributed by atoms with Gasteiger partial charge in [0, 0.05) is 18.1 Å². The lowest BCUT2D eigenvalue weighted by Crippen LogP contribution is -2.36. The molecule has 0 bridgehead atoms. The van der Waals surface area contributed by atoms with Crippen molar-refractivity contribution in [1.82, 2.24) is 4.90 Å². The number of hydrogen-bond acceptors (Lipinski definition) is 4. The zero-order valence-corrected chi connectivity index (χ0v) is 14.2. The van der Waals surface area contributed by atoms with Gasteiger partial charge in [0.25, 0.3) is 5.91 Å². The van der Waals surface area contributed by atoms with E-state index in [0.29, 0.717) is 28.3 Å². The van der Waals surface area contributed by atoms with Crippen LogP contribution in [0.2, 0.25) is 5.02 Å². The summed E-state index contributed by atoms with van der Waals surface area (Å²) in [6, 6.07) is 5.06. The summed E-state index contributed by atoms with van der Waals surface area (Å²) in [7, 11) is 1.32. The van der Waals surface area contributed by atoms with Gasteiger partial charge in [-0.25, -0.2) is 0 Å². The molecule has 0 N–H and O–H groups in total. The standard InChI is InChI=1S/C14H17BrClNO4/c1-3-17(7-6-14(19)20-2)13(18)9-21-12-5-4-10(16)8-11(12)15/h4-5,8H,3,6-7,9H2,1-2H3. The first-order chi connectivity index (χ1) is 9.97. The molecule has 7 heteroatoms. The molecule has 21 heavy (non-hydrogen) atoms. The van der Waals surface area contributed by atoms with E-state index in [1.807, 2.05) is 6.92 Å². The Morgan fingerprint density at radius 3 is 2.67 bits per heavy atom. The van der Waals surface area contributed by atoms with Crippen molar-refractivity contribution in [1.29, 1.82) is 0 Å². The molecule has 0 radical (unpaired) electrons. The van der Waals surface area contributed by atoms with Crippen molar-refractivity contribution in [3.8, 4) is 5.75 Å². The number of amides is 1. The maximum atomic E-state index is 12.0. The van der Waals surface area contributed by atoms with Gasteiger partial charge in [-0.3, -0.25) is 9.59 Å². The Bertz CT molecular complexity index is 510. The Balaban J connectivity index is 2.52. The van der Waals surface area contributed by atoms with E-state index in [-0.39, 0.29) is 24.9 Å². The van der Waals surface area contributed by atoms with Gasteiger partial charge in [0.1, 0.15) is 5.75 Å². The second-order valence-corrected chi connectivity index (χ2v) is 5.45. The van der Waals surface area contributed by atoms with Crippen molar-refractivity contribution >= 4 is 39.4 Å². The van der Waals surface area contributed by atoms with Gasteiger partial charge >= 0.3 is 5.97 Å². The first-order valence-electron chi connectivity index (χ1n) is 6.40. The predicted molar refractivity (Wildman–Crippen MR) is 83.5 cm³/mol. The smallest absolute Gasteiger partial charge is 0.307 e. The fourth-order valence-electron chi connectivity index (χ4n) is 1.61. The molecule has 0 aliphatic heterocycles. The largest absolute Gasteiger partial charge is 0.483 e. The summed E-state index contributed by atoms with van der Waals surface area (Å²) in [5, 5.41) is 0.578. The molecule has 1 aromatic rings. The van der Waals surface area contributed by atoms with Gasteiger partial charge in [0.05, 0.1) is 18.0 Å². The number of halogens is 2. The maximum absolute atomic E-state index is 12.0. The number of carbonyl (C=O) groups is 2. The number of carbonyl (C=O) groups excluding carboxylic acids is 2. The Kier molecular flexibility index (Phi) is 7.53. The number of hydrogen-bond donors (Lipinski definition) is 0. The topological polar surface area (TPSA) is 55.8 Å². The highest BCUT2D eigenvalue weighted by atomic mass is 79.9. The molecule has 0 fully saturated rings. The molecule has 0 aliphatic rings. The van der Waals surface area contributed by atoms with E-state index in [1.54, 1.807) is 23.1 Å². The van der Waals surface area contributed by atoms with E-state index in [2.05, 4.69) is 20.7 Å². The molecular weight excluding hydrogens is 362 g/mol. The van der Waals surface area contributed by atoms with Crippen molar-refractivity contribution in [3.05, 3.63) is 27.7 Å². The van der Waals surface area contributed by atoms with E-state index < -0.39 is 0 Å². The van der Waals surface area contributed by atoms with Crippen molar-refractivity contribution in [3.63, 3.8) is 0 Å². The second-order valence-electron chi connectivity index (χ2n) is 4.16. The molecule has 0 aromatic heterocycles. The fraction of sp³-hybridized carbons (Fsp3) is 0.429. The molecular formula is C14H17BrClNO4. The maximum Gasteiger partial charge on any atom is 0.307 e. The lowest BCUT2D eigenvalue weighted by atomic mass is 10.3. The average Bonchev–Trinajstić information content (AvgIpc) is 2.46. The number of nitrogens with zero attached hydrogens (tertiary/aromatic N) is 1. The highest BCUT2D eigenvalue weighted by Crippen LogP contribution is 2.27. The summed E-state index contributed by atoms with van der Waals surface area (Å²) in [6.45, 7) is 2.55. The minimum Gasteiger partial charge on any atom is -0.483 e. The van der Waals surface area contributed by atoms with Gasteiger partial charge in [-0.2, -0.15) is 0 Å². The number of benzene rings is 1. The number of esters is 1. The lowest BCUT2D eigenvalue weighted by molar-refractivity contribution is -0.142. The Morgan fingerprint density at radius 1 is 1.38 bits per heavy atom. The van der Waals surface area contributed by atoms with Crippen LogP contribution in [-0.2, 0) is 14.3 Å². The Hall–Kier alpha value is -1.27. The van der Waals surface area contributed by atoms with Crippen LogP contribution in [0.4, 0.5) is 0 Å². The van der Waals surface area contributed by atoms with Gasteiger partial charge in [-0.05, 0) is 41.1 Å². The van der Waals surface area contributed by atoms with Gasteiger partial charge in [0.15, 0.2) is 6.61 Å². The summed E-state index contributed by atoms with van der Waals surface area (Å²) in [5.74, 6) is 0.00244. The highest BCUT2D eigenvalue weighted by Gasteiger charge is 2.15. The first-order valence-corrected chi connectivity index (χ1v) is 7.57. The zero-order chi connectivity index (χ0) is 15.8. The minimum atomic E-state index is -0.345. The number of likely N-dealkylation sites (N-methyl/N-ethyl adjacent to an activating group) is 1. The summed E-state index contributed by atoms with van der Waals surface area (Å²) in [6.07, 6.45) is 0.167. The third kappa shape index (κ3) is 5.93. The molecule has 0 unspecified atom stereocenters. The molecule has 1 amide bonds. The molecule has 5 nitrogen and oxygen atoms in total. The molecule has 0 atom stereocenters. The molecule has 0 spiro atoms. The van der Waals surface area contributed by atoms with E-state index in [1.165, 1.54) is 7.11 Å².